The van der Waals surface area contributed by atoms with Crippen molar-refractivity contribution >= 4 is 11.7 Å². The van der Waals surface area contributed by atoms with E-state index < -0.39 is 0 Å². The molecule has 2 unspecified atom stereocenters. The van der Waals surface area contributed by atoms with Crippen molar-refractivity contribution in [1.29, 1.82) is 0 Å². The molecule has 1 saturated carbocycles. The molecule has 0 spiro atoms. The van der Waals surface area contributed by atoms with Gasteiger partial charge in [0.2, 0.25) is 0 Å². The van der Waals surface area contributed by atoms with Gasteiger partial charge in [-0.25, -0.2) is 4.79 Å². The number of carbonyl (C=O) groups is 1. The first-order valence-corrected chi connectivity index (χ1v) is 6.20. The van der Waals surface area contributed by atoms with E-state index in [1.807, 2.05) is 24.3 Å². The second-order valence-corrected chi connectivity index (χ2v) is 4.84. The highest BCUT2D eigenvalue weighted by molar-refractivity contribution is 5.89. The van der Waals surface area contributed by atoms with Gasteiger partial charge in [-0.1, -0.05) is 0 Å². The van der Waals surface area contributed by atoms with Crippen molar-refractivity contribution in [3.8, 4) is 5.75 Å². The third kappa shape index (κ3) is 2.13. The molecule has 2 atom stereocenters. The lowest BCUT2D eigenvalue weighted by atomic mass is 10.3. The molecule has 1 saturated heterocycles. The minimum absolute atomic E-state index is 0.125. The highest BCUT2D eigenvalue weighted by atomic mass is 16.5. The summed E-state index contributed by atoms with van der Waals surface area (Å²) in [6.07, 6.45) is 0. The Hall–Kier alpha value is -1.75. The Bertz CT molecular complexity index is 436. The van der Waals surface area contributed by atoms with E-state index in [2.05, 4.69) is 16.0 Å². The molecule has 2 amide bonds. The summed E-state index contributed by atoms with van der Waals surface area (Å²) in [5, 5.41) is 9.14. The van der Waals surface area contributed by atoms with Crippen LogP contribution in [-0.4, -0.2) is 32.3 Å². The number of piperidine rings is 1. The number of anilines is 1. The van der Waals surface area contributed by atoms with Crippen molar-refractivity contribution in [1.82, 2.24) is 10.6 Å². The van der Waals surface area contributed by atoms with Gasteiger partial charge in [0, 0.05) is 24.8 Å². The Morgan fingerprint density at radius 3 is 2.56 bits per heavy atom. The number of amides is 2. The Morgan fingerprint density at radius 1 is 1.28 bits per heavy atom. The Kier molecular flexibility index (Phi) is 2.83. The molecule has 1 aromatic rings. The fraction of sp³-hybridized carbons (Fsp3) is 0.462. The topological polar surface area (TPSA) is 62.4 Å². The van der Waals surface area contributed by atoms with E-state index in [1.165, 1.54) is 0 Å². The molecule has 2 aliphatic rings. The molecular weight excluding hydrogens is 230 g/mol. The fourth-order valence-corrected chi connectivity index (χ4v) is 2.63. The first-order valence-electron chi connectivity index (χ1n) is 6.20. The summed E-state index contributed by atoms with van der Waals surface area (Å²) in [5.74, 6) is 2.04. The molecule has 0 aromatic heterocycles. The standard InChI is InChI=1S/C13H17N3O2/c1-18-9-4-2-8(3-5-9)15-13(17)16-12-10-6-14-7-11(10)12/h2-5,10-12,14H,6-7H2,1H3,(H2,15,16,17). The molecule has 5 heteroatoms. The van der Waals surface area contributed by atoms with Crippen LogP contribution in [0.5, 0.6) is 5.75 Å². The number of ether oxygens (including phenoxy) is 1. The van der Waals surface area contributed by atoms with Gasteiger partial charge in [-0.15, -0.1) is 0 Å². The lowest BCUT2D eigenvalue weighted by molar-refractivity contribution is 0.250. The fourth-order valence-electron chi connectivity index (χ4n) is 2.63. The van der Waals surface area contributed by atoms with Gasteiger partial charge in [-0.2, -0.15) is 0 Å². The van der Waals surface area contributed by atoms with E-state index in [9.17, 15) is 4.79 Å². The maximum Gasteiger partial charge on any atom is 0.319 e. The SMILES string of the molecule is COc1ccc(NC(=O)NC2C3CNCC32)cc1. The van der Waals surface area contributed by atoms with E-state index in [4.69, 9.17) is 4.74 Å². The van der Waals surface area contributed by atoms with Crippen LogP contribution < -0.4 is 20.7 Å². The molecule has 1 aromatic carbocycles. The van der Waals surface area contributed by atoms with Gasteiger partial charge in [0.25, 0.3) is 0 Å². The van der Waals surface area contributed by atoms with Gasteiger partial charge < -0.3 is 20.7 Å². The summed E-state index contributed by atoms with van der Waals surface area (Å²) in [5.41, 5.74) is 0.775. The molecule has 1 heterocycles. The van der Waals surface area contributed by atoms with E-state index in [-0.39, 0.29) is 6.03 Å². The van der Waals surface area contributed by atoms with Gasteiger partial charge in [0.05, 0.1) is 7.11 Å². The zero-order valence-corrected chi connectivity index (χ0v) is 10.3. The summed E-state index contributed by atoms with van der Waals surface area (Å²) in [6, 6.07) is 7.53. The van der Waals surface area contributed by atoms with Gasteiger partial charge >= 0.3 is 6.03 Å². The van der Waals surface area contributed by atoms with Crippen LogP contribution in [0.25, 0.3) is 0 Å². The number of fused-ring (bicyclic) bond motifs is 1. The van der Waals surface area contributed by atoms with Crippen LogP contribution in [0.4, 0.5) is 10.5 Å². The molecule has 96 valence electrons. The Balaban J connectivity index is 1.51. The molecule has 0 radical (unpaired) electrons. The number of methoxy groups -OCH3 is 1. The molecule has 0 bridgehead atoms. The van der Waals surface area contributed by atoms with E-state index in [0.29, 0.717) is 17.9 Å². The number of hydrogen-bond donors (Lipinski definition) is 3. The van der Waals surface area contributed by atoms with Crippen molar-refractivity contribution in [2.75, 3.05) is 25.5 Å². The molecule has 2 fully saturated rings. The molecule has 1 aliphatic carbocycles. The van der Waals surface area contributed by atoms with Crippen molar-refractivity contribution in [2.24, 2.45) is 11.8 Å². The monoisotopic (exact) mass is 247 g/mol. The van der Waals surface area contributed by atoms with Crippen molar-refractivity contribution < 1.29 is 9.53 Å². The Morgan fingerprint density at radius 2 is 1.94 bits per heavy atom. The average molecular weight is 247 g/mol. The van der Waals surface area contributed by atoms with E-state index in [1.54, 1.807) is 7.11 Å². The van der Waals surface area contributed by atoms with Gasteiger partial charge in [-0.05, 0) is 36.1 Å². The first kappa shape index (κ1) is 11.3. The zero-order valence-electron chi connectivity index (χ0n) is 10.3. The third-order valence-corrected chi connectivity index (χ3v) is 3.74. The third-order valence-electron chi connectivity index (χ3n) is 3.74. The Labute approximate surface area is 106 Å². The predicted molar refractivity (Wildman–Crippen MR) is 68.8 cm³/mol. The highest BCUT2D eigenvalue weighted by Gasteiger charge is 2.53. The molecule has 18 heavy (non-hydrogen) atoms. The van der Waals surface area contributed by atoms with Crippen molar-refractivity contribution in [3.05, 3.63) is 24.3 Å². The van der Waals surface area contributed by atoms with Crippen LogP contribution in [0.3, 0.4) is 0 Å². The first-order chi connectivity index (χ1) is 8.78. The molecular formula is C13H17N3O2. The normalized spacial score (nSPS) is 28.4. The number of urea groups is 1. The van der Waals surface area contributed by atoms with Gasteiger partial charge in [0.1, 0.15) is 5.75 Å². The van der Waals surface area contributed by atoms with Gasteiger partial charge in [-0.3, -0.25) is 0 Å². The smallest absolute Gasteiger partial charge is 0.319 e. The van der Waals surface area contributed by atoms with Crippen LogP contribution in [0.2, 0.25) is 0 Å². The van der Waals surface area contributed by atoms with Crippen LogP contribution >= 0.6 is 0 Å². The lowest BCUT2D eigenvalue weighted by Crippen LogP contribution is -2.35. The van der Waals surface area contributed by atoms with Gasteiger partial charge in [0.15, 0.2) is 0 Å². The highest BCUT2D eigenvalue weighted by Crippen LogP contribution is 2.41. The number of carbonyl (C=O) groups excluding carboxylic acids is 1. The average Bonchev–Trinajstić information content (AvgIpc) is 2.83. The summed E-state index contributed by atoms with van der Waals surface area (Å²) in [4.78, 5) is 11.8. The van der Waals surface area contributed by atoms with Crippen LogP contribution in [0.15, 0.2) is 24.3 Å². The largest absolute Gasteiger partial charge is 0.497 e. The second-order valence-electron chi connectivity index (χ2n) is 4.84. The quantitative estimate of drug-likeness (QED) is 0.747. The maximum atomic E-state index is 11.8. The lowest BCUT2D eigenvalue weighted by Gasteiger charge is -2.09. The minimum Gasteiger partial charge on any atom is -0.497 e. The summed E-state index contributed by atoms with van der Waals surface area (Å²) < 4.78 is 5.06. The molecule has 3 rings (SSSR count). The van der Waals surface area contributed by atoms with E-state index >= 15 is 0 Å². The van der Waals surface area contributed by atoms with Crippen LogP contribution in [0.1, 0.15) is 0 Å². The molecule has 1 aliphatic heterocycles. The summed E-state index contributed by atoms with van der Waals surface area (Å²) >= 11 is 0. The number of nitrogens with one attached hydrogen (secondary N) is 3. The van der Waals surface area contributed by atoms with Crippen LogP contribution in [0, 0.1) is 11.8 Å². The number of rotatable bonds is 3. The summed E-state index contributed by atoms with van der Waals surface area (Å²) in [7, 11) is 1.62. The van der Waals surface area contributed by atoms with Crippen LogP contribution in [-0.2, 0) is 0 Å². The minimum atomic E-state index is -0.125. The maximum absolute atomic E-state index is 11.8. The zero-order chi connectivity index (χ0) is 12.5. The second kappa shape index (κ2) is 4.49. The van der Waals surface area contributed by atoms with E-state index in [0.717, 1.165) is 24.5 Å². The molecule has 5 nitrogen and oxygen atoms in total. The van der Waals surface area contributed by atoms with Crippen molar-refractivity contribution in [3.63, 3.8) is 0 Å². The predicted octanol–water partition coefficient (Wildman–Crippen LogP) is 1.03. The van der Waals surface area contributed by atoms with Crippen molar-refractivity contribution in [2.45, 2.75) is 6.04 Å². The summed E-state index contributed by atoms with van der Waals surface area (Å²) in [6.45, 7) is 2.05. The number of hydrogen-bond acceptors (Lipinski definition) is 3. The number of benzene rings is 1. The molecule has 3 N–H and O–H groups in total.